The molecule has 2 N–H and O–H groups in total. The van der Waals surface area contributed by atoms with Gasteiger partial charge in [0.2, 0.25) is 0 Å². The van der Waals surface area contributed by atoms with Gasteiger partial charge in [0.1, 0.15) is 0 Å². The number of benzene rings is 2. The van der Waals surface area contributed by atoms with Crippen LogP contribution in [0.3, 0.4) is 0 Å². The largest absolute Gasteiger partial charge is 0.361 e. The van der Waals surface area contributed by atoms with Gasteiger partial charge in [-0.15, -0.1) is 11.3 Å². The van der Waals surface area contributed by atoms with Crippen molar-refractivity contribution in [2.45, 2.75) is 12.8 Å². The molecule has 0 saturated carbocycles. The van der Waals surface area contributed by atoms with Crippen molar-refractivity contribution < 1.29 is 4.79 Å². The number of aromatic amines is 1. The molecule has 27 heavy (non-hydrogen) atoms. The molecule has 0 atom stereocenters. The molecular formula is C22H19ClN2OS. The Bertz CT molecular complexity index is 1070. The topological polar surface area (TPSA) is 44.9 Å². The van der Waals surface area contributed by atoms with Gasteiger partial charge < -0.3 is 10.3 Å². The number of fused-ring (bicyclic) bond motifs is 1. The zero-order valence-electron chi connectivity index (χ0n) is 14.7. The molecule has 4 aromatic rings. The molecule has 0 spiro atoms. The lowest BCUT2D eigenvalue weighted by molar-refractivity contribution is 0.0954. The van der Waals surface area contributed by atoms with Gasteiger partial charge in [-0.2, -0.15) is 0 Å². The Morgan fingerprint density at radius 3 is 2.89 bits per heavy atom. The second-order valence-corrected chi connectivity index (χ2v) is 7.93. The standard InChI is InChI=1S/C22H19ClN2OS/c23-18-6-7-21-20(13-18)17(14-25-21)8-9-24-22(26)16-4-1-3-15(11-16)12-19-5-2-10-27-19/h1-7,10-11,13-14,25H,8-9,12H2,(H,24,26). The van der Waals surface area contributed by atoms with E-state index in [-0.39, 0.29) is 5.91 Å². The van der Waals surface area contributed by atoms with Gasteiger partial charge in [0, 0.05) is 45.5 Å². The number of carbonyl (C=O) groups is 1. The molecule has 0 unspecified atom stereocenters. The molecule has 2 aromatic carbocycles. The summed E-state index contributed by atoms with van der Waals surface area (Å²) in [5.74, 6) is -0.0408. The van der Waals surface area contributed by atoms with Crippen LogP contribution in [0.1, 0.15) is 26.4 Å². The Morgan fingerprint density at radius 1 is 1.11 bits per heavy atom. The van der Waals surface area contributed by atoms with Crippen molar-refractivity contribution in [1.29, 1.82) is 0 Å². The molecule has 0 fully saturated rings. The minimum atomic E-state index is -0.0408. The van der Waals surface area contributed by atoms with Crippen molar-refractivity contribution >= 4 is 39.7 Å². The minimum Gasteiger partial charge on any atom is -0.361 e. The zero-order chi connectivity index (χ0) is 18.6. The Balaban J connectivity index is 1.38. The summed E-state index contributed by atoms with van der Waals surface area (Å²) in [6.07, 6.45) is 3.59. The molecule has 4 rings (SSSR count). The number of thiophene rings is 1. The molecule has 3 nitrogen and oxygen atoms in total. The van der Waals surface area contributed by atoms with Crippen LogP contribution in [0.2, 0.25) is 5.02 Å². The quantitative estimate of drug-likeness (QED) is 0.449. The van der Waals surface area contributed by atoms with Crippen molar-refractivity contribution in [1.82, 2.24) is 10.3 Å². The molecule has 136 valence electrons. The lowest BCUT2D eigenvalue weighted by atomic mass is 10.1. The number of rotatable bonds is 6. The maximum Gasteiger partial charge on any atom is 0.251 e. The highest BCUT2D eigenvalue weighted by molar-refractivity contribution is 7.09. The molecule has 0 aliphatic rings. The first-order valence-electron chi connectivity index (χ1n) is 8.84. The summed E-state index contributed by atoms with van der Waals surface area (Å²) in [7, 11) is 0. The lowest BCUT2D eigenvalue weighted by Gasteiger charge is -2.07. The van der Waals surface area contributed by atoms with Crippen LogP contribution in [0, 0.1) is 0 Å². The maximum atomic E-state index is 12.5. The predicted molar refractivity (Wildman–Crippen MR) is 113 cm³/mol. The second-order valence-electron chi connectivity index (χ2n) is 6.47. The fourth-order valence-electron chi connectivity index (χ4n) is 3.21. The molecule has 2 aromatic heterocycles. The van der Waals surface area contributed by atoms with Crippen LogP contribution in [0.25, 0.3) is 10.9 Å². The summed E-state index contributed by atoms with van der Waals surface area (Å²) in [6.45, 7) is 0.577. The van der Waals surface area contributed by atoms with Crippen LogP contribution in [0.5, 0.6) is 0 Å². The smallest absolute Gasteiger partial charge is 0.251 e. The van der Waals surface area contributed by atoms with E-state index in [1.165, 1.54) is 4.88 Å². The average Bonchev–Trinajstić information content (AvgIpc) is 3.32. The highest BCUT2D eigenvalue weighted by atomic mass is 35.5. The van der Waals surface area contributed by atoms with E-state index >= 15 is 0 Å². The van der Waals surface area contributed by atoms with E-state index in [1.54, 1.807) is 11.3 Å². The Labute approximate surface area is 167 Å². The monoisotopic (exact) mass is 394 g/mol. The number of carbonyl (C=O) groups excluding carboxylic acids is 1. The van der Waals surface area contributed by atoms with Crippen molar-refractivity contribution in [3.8, 4) is 0 Å². The third kappa shape index (κ3) is 4.24. The fraction of sp³-hybridized carbons (Fsp3) is 0.136. The Kier molecular flexibility index (Phi) is 5.28. The Hall–Kier alpha value is -2.56. The van der Waals surface area contributed by atoms with E-state index in [4.69, 9.17) is 11.6 Å². The minimum absolute atomic E-state index is 0.0408. The van der Waals surface area contributed by atoms with E-state index in [2.05, 4.69) is 33.9 Å². The molecule has 0 saturated heterocycles. The van der Waals surface area contributed by atoms with Gasteiger partial charge in [-0.25, -0.2) is 0 Å². The number of nitrogens with one attached hydrogen (secondary N) is 2. The lowest BCUT2D eigenvalue weighted by Crippen LogP contribution is -2.25. The van der Waals surface area contributed by atoms with Crippen molar-refractivity contribution in [3.63, 3.8) is 0 Å². The average molecular weight is 395 g/mol. The van der Waals surface area contributed by atoms with Crippen LogP contribution < -0.4 is 5.32 Å². The van der Waals surface area contributed by atoms with Gasteiger partial charge in [-0.3, -0.25) is 4.79 Å². The SMILES string of the molecule is O=C(NCCc1c[nH]c2ccc(Cl)cc12)c1cccc(Cc2cccs2)c1. The summed E-state index contributed by atoms with van der Waals surface area (Å²) in [4.78, 5) is 17.0. The molecule has 0 radical (unpaired) electrons. The molecule has 0 bridgehead atoms. The van der Waals surface area contributed by atoms with Gasteiger partial charge in [-0.05, 0) is 59.3 Å². The van der Waals surface area contributed by atoms with Crippen LogP contribution in [0.4, 0.5) is 0 Å². The van der Waals surface area contributed by atoms with Gasteiger partial charge in [-0.1, -0.05) is 29.8 Å². The highest BCUT2D eigenvalue weighted by Crippen LogP contribution is 2.22. The van der Waals surface area contributed by atoms with E-state index in [1.807, 2.05) is 42.6 Å². The van der Waals surface area contributed by atoms with Gasteiger partial charge in [0.25, 0.3) is 5.91 Å². The van der Waals surface area contributed by atoms with Crippen molar-refractivity contribution in [2.24, 2.45) is 0 Å². The van der Waals surface area contributed by atoms with Crippen molar-refractivity contribution in [2.75, 3.05) is 6.54 Å². The molecule has 0 aliphatic carbocycles. The summed E-state index contributed by atoms with van der Waals surface area (Å²) < 4.78 is 0. The van der Waals surface area contributed by atoms with E-state index in [9.17, 15) is 4.79 Å². The second kappa shape index (κ2) is 7.99. The molecule has 1 amide bonds. The predicted octanol–water partition coefficient (Wildman–Crippen LogP) is 5.45. The maximum absolute atomic E-state index is 12.5. The van der Waals surface area contributed by atoms with Gasteiger partial charge >= 0.3 is 0 Å². The summed E-state index contributed by atoms with van der Waals surface area (Å²) in [6, 6.07) is 17.8. The number of aromatic nitrogens is 1. The first-order valence-corrected chi connectivity index (χ1v) is 10.1. The van der Waals surface area contributed by atoms with E-state index < -0.39 is 0 Å². The number of hydrogen-bond acceptors (Lipinski definition) is 2. The summed E-state index contributed by atoms with van der Waals surface area (Å²) in [5, 5.41) is 6.92. The molecule has 5 heteroatoms. The summed E-state index contributed by atoms with van der Waals surface area (Å²) >= 11 is 7.83. The van der Waals surface area contributed by atoms with Crippen molar-refractivity contribution in [3.05, 3.63) is 92.8 Å². The number of hydrogen-bond donors (Lipinski definition) is 2. The fourth-order valence-corrected chi connectivity index (χ4v) is 4.12. The third-order valence-electron chi connectivity index (χ3n) is 4.56. The van der Waals surface area contributed by atoms with E-state index in [0.29, 0.717) is 12.1 Å². The first kappa shape index (κ1) is 17.8. The summed E-state index contributed by atoms with van der Waals surface area (Å²) in [5.41, 5.74) is 4.06. The third-order valence-corrected chi connectivity index (χ3v) is 5.67. The Morgan fingerprint density at radius 2 is 2.04 bits per heavy atom. The van der Waals surface area contributed by atoms with E-state index in [0.717, 1.165) is 39.9 Å². The van der Waals surface area contributed by atoms with Crippen LogP contribution in [0.15, 0.2) is 66.2 Å². The number of halogens is 1. The molecular weight excluding hydrogens is 376 g/mol. The first-order chi connectivity index (χ1) is 13.2. The van der Waals surface area contributed by atoms with Crippen LogP contribution in [-0.2, 0) is 12.8 Å². The highest BCUT2D eigenvalue weighted by Gasteiger charge is 2.08. The van der Waals surface area contributed by atoms with Gasteiger partial charge in [0.15, 0.2) is 0 Å². The number of amides is 1. The normalized spacial score (nSPS) is 11.0. The number of H-pyrrole nitrogens is 1. The molecule has 2 heterocycles. The van der Waals surface area contributed by atoms with Crippen LogP contribution in [-0.4, -0.2) is 17.4 Å². The van der Waals surface area contributed by atoms with Gasteiger partial charge in [0.05, 0.1) is 0 Å². The zero-order valence-corrected chi connectivity index (χ0v) is 16.2. The van der Waals surface area contributed by atoms with Crippen LogP contribution >= 0.6 is 22.9 Å². The molecule has 0 aliphatic heterocycles.